The van der Waals surface area contributed by atoms with E-state index in [1.807, 2.05) is 0 Å². The summed E-state index contributed by atoms with van der Waals surface area (Å²) in [4.78, 5) is 34.7. The maximum Gasteiger partial charge on any atom is 0.325 e. The summed E-state index contributed by atoms with van der Waals surface area (Å²) in [5.41, 5.74) is 0.784. The van der Waals surface area contributed by atoms with Crippen LogP contribution in [-0.4, -0.2) is 36.8 Å². The second kappa shape index (κ2) is 5.67. The fourth-order valence-electron chi connectivity index (χ4n) is 1.49. The number of rotatable bonds is 6. The minimum absolute atomic E-state index is 0.181. The summed E-state index contributed by atoms with van der Waals surface area (Å²) >= 11 is 1.48. The molecule has 0 saturated carbocycles. The molecule has 18 heavy (non-hydrogen) atoms. The first kappa shape index (κ1) is 12.6. The number of aromatic nitrogens is 4. The van der Waals surface area contributed by atoms with E-state index in [4.69, 9.17) is 5.11 Å². The average molecular weight is 268 g/mol. The van der Waals surface area contributed by atoms with Crippen molar-refractivity contribution in [1.29, 1.82) is 0 Å². The van der Waals surface area contributed by atoms with Crippen LogP contribution < -0.4 is 5.69 Å². The van der Waals surface area contributed by atoms with Crippen LogP contribution in [0, 0.1) is 0 Å². The Hall–Kier alpha value is -1.83. The number of thioether (sulfide) groups is 1. The summed E-state index contributed by atoms with van der Waals surface area (Å²) in [7, 11) is 0. The molecule has 2 heterocycles. The highest BCUT2D eigenvalue weighted by Crippen LogP contribution is 2.22. The van der Waals surface area contributed by atoms with Crippen LogP contribution in [0.15, 0.2) is 16.1 Å². The standard InChI is InChI=1S/C10H12N4O3S/c15-6(16)3-1-2-4-18-9-7-8(11-5-12-9)14-10(17)13-7/h5H,1-4H2,(H,15,16)(H2,11,12,13,14,17). The van der Waals surface area contributed by atoms with Crippen LogP contribution in [0.5, 0.6) is 0 Å². The van der Waals surface area contributed by atoms with Crippen molar-refractivity contribution in [2.24, 2.45) is 0 Å². The molecular formula is C10H12N4O3S. The van der Waals surface area contributed by atoms with Crippen LogP contribution in [0.4, 0.5) is 0 Å². The quantitative estimate of drug-likeness (QED) is 0.409. The van der Waals surface area contributed by atoms with Gasteiger partial charge in [-0.3, -0.25) is 9.78 Å². The van der Waals surface area contributed by atoms with Crippen LogP contribution in [0.1, 0.15) is 19.3 Å². The van der Waals surface area contributed by atoms with Crippen molar-refractivity contribution in [2.75, 3.05) is 5.75 Å². The molecule has 3 N–H and O–H groups in total. The van der Waals surface area contributed by atoms with E-state index in [1.165, 1.54) is 18.1 Å². The number of hydrogen-bond donors (Lipinski definition) is 3. The van der Waals surface area contributed by atoms with E-state index in [-0.39, 0.29) is 12.1 Å². The van der Waals surface area contributed by atoms with E-state index in [0.29, 0.717) is 22.6 Å². The van der Waals surface area contributed by atoms with Gasteiger partial charge in [-0.25, -0.2) is 14.8 Å². The highest BCUT2D eigenvalue weighted by molar-refractivity contribution is 7.99. The second-order valence-corrected chi connectivity index (χ2v) is 4.76. The molecule has 0 fully saturated rings. The molecule has 0 aliphatic carbocycles. The van der Waals surface area contributed by atoms with Gasteiger partial charge in [-0.05, 0) is 18.6 Å². The molecule has 0 bridgehead atoms. The Bertz CT molecular complexity index is 606. The number of aromatic amines is 2. The van der Waals surface area contributed by atoms with Gasteiger partial charge in [-0.1, -0.05) is 0 Å². The second-order valence-electron chi connectivity index (χ2n) is 3.68. The van der Waals surface area contributed by atoms with Gasteiger partial charge >= 0.3 is 11.7 Å². The summed E-state index contributed by atoms with van der Waals surface area (Å²) in [5, 5.41) is 9.21. The summed E-state index contributed by atoms with van der Waals surface area (Å²) in [5.74, 6) is -0.0218. The minimum atomic E-state index is -0.778. The lowest BCUT2D eigenvalue weighted by molar-refractivity contribution is -0.137. The predicted molar refractivity (Wildman–Crippen MR) is 66.7 cm³/mol. The van der Waals surface area contributed by atoms with Gasteiger partial charge in [-0.15, -0.1) is 11.8 Å². The maximum absolute atomic E-state index is 11.1. The van der Waals surface area contributed by atoms with Crippen LogP contribution in [0.2, 0.25) is 0 Å². The van der Waals surface area contributed by atoms with Gasteiger partial charge in [0.1, 0.15) is 16.9 Å². The lowest BCUT2D eigenvalue weighted by Gasteiger charge is -2.00. The Kier molecular flexibility index (Phi) is 3.98. The van der Waals surface area contributed by atoms with E-state index in [9.17, 15) is 9.59 Å². The smallest absolute Gasteiger partial charge is 0.325 e. The number of fused-ring (bicyclic) bond motifs is 1. The Morgan fingerprint density at radius 2 is 2.17 bits per heavy atom. The van der Waals surface area contributed by atoms with E-state index in [0.717, 1.165) is 12.2 Å². The normalized spacial score (nSPS) is 10.9. The molecule has 0 aromatic carbocycles. The zero-order chi connectivity index (χ0) is 13.0. The van der Waals surface area contributed by atoms with E-state index < -0.39 is 5.97 Å². The van der Waals surface area contributed by atoms with Crippen LogP contribution >= 0.6 is 11.8 Å². The molecule has 2 rings (SSSR count). The van der Waals surface area contributed by atoms with Crippen molar-refractivity contribution in [3.63, 3.8) is 0 Å². The minimum Gasteiger partial charge on any atom is -0.481 e. The van der Waals surface area contributed by atoms with E-state index >= 15 is 0 Å². The molecule has 0 unspecified atom stereocenters. The van der Waals surface area contributed by atoms with Crippen molar-refractivity contribution < 1.29 is 9.90 Å². The monoisotopic (exact) mass is 268 g/mol. The molecule has 0 spiro atoms. The molecule has 0 radical (unpaired) electrons. The van der Waals surface area contributed by atoms with Crippen molar-refractivity contribution in [3.05, 3.63) is 16.8 Å². The van der Waals surface area contributed by atoms with Crippen molar-refractivity contribution in [1.82, 2.24) is 19.9 Å². The third-order valence-corrected chi connectivity index (χ3v) is 3.38. The van der Waals surface area contributed by atoms with E-state index in [2.05, 4.69) is 19.9 Å². The average Bonchev–Trinajstić information content (AvgIpc) is 2.69. The van der Waals surface area contributed by atoms with Crippen LogP contribution in [0.3, 0.4) is 0 Å². The van der Waals surface area contributed by atoms with Gasteiger partial charge in [-0.2, -0.15) is 0 Å². The number of nitrogens with zero attached hydrogens (tertiary/aromatic N) is 2. The summed E-state index contributed by atoms with van der Waals surface area (Å²) in [6.07, 6.45) is 3.00. The lowest BCUT2D eigenvalue weighted by atomic mass is 10.3. The number of carboxylic acids is 1. The predicted octanol–water partition coefficient (Wildman–Crippen LogP) is 0.993. The highest BCUT2D eigenvalue weighted by atomic mass is 32.2. The molecule has 8 heteroatoms. The van der Waals surface area contributed by atoms with Gasteiger partial charge in [0.2, 0.25) is 0 Å². The third kappa shape index (κ3) is 3.10. The lowest BCUT2D eigenvalue weighted by Crippen LogP contribution is -1.99. The number of carbonyl (C=O) groups is 1. The molecule has 0 atom stereocenters. The Morgan fingerprint density at radius 1 is 1.33 bits per heavy atom. The number of hydrogen-bond acceptors (Lipinski definition) is 5. The summed E-state index contributed by atoms with van der Waals surface area (Å²) in [6, 6.07) is 0. The topological polar surface area (TPSA) is 112 Å². The molecule has 2 aromatic rings. The van der Waals surface area contributed by atoms with Gasteiger partial charge < -0.3 is 10.1 Å². The van der Waals surface area contributed by atoms with Crippen molar-refractivity contribution in [2.45, 2.75) is 24.3 Å². The molecule has 0 saturated heterocycles. The molecule has 7 nitrogen and oxygen atoms in total. The van der Waals surface area contributed by atoms with Crippen molar-refractivity contribution >= 4 is 28.9 Å². The molecule has 96 valence electrons. The number of unbranched alkanes of at least 4 members (excludes halogenated alkanes) is 1. The largest absolute Gasteiger partial charge is 0.481 e. The third-order valence-electron chi connectivity index (χ3n) is 2.31. The number of H-pyrrole nitrogens is 2. The van der Waals surface area contributed by atoms with Crippen LogP contribution in [0.25, 0.3) is 11.2 Å². The molecule has 0 aliphatic heterocycles. The zero-order valence-electron chi connectivity index (χ0n) is 9.47. The van der Waals surface area contributed by atoms with Crippen LogP contribution in [-0.2, 0) is 4.79 Å². The molecule has 0 amide bonds. The highest BCUT2D eigenvalue weighted by Gasteiger charge is 2.07. The fourth-order valence-corrected chi connectivity index (χ4v) is 2.44. The van der Waals surface area contributed by atoms with Gasteiger partial charge in [0.05, 0.1) is 0 Å². The first-order chi connectivity index (χ1) is 8.66. The fraction of sp³-hybridized carbons (Fsp3) is 0.400. The summed E-state index contributed by atoms with van der Waals surface area (Å²) < 4.78 is 0. The Labute approximate surface area is 106 Å². The first-order valence-electron chi connectivity index (χ1n) is 5.44. The number of aliphatic carboxylic acids is 1. The number of nitrogens with one attached hydrogen (secondary N) is 2. The molecular weight excluding hydrogens is 256 g/mol. The van der Waals surface area contributed by atoms with E-state index in [1.54, 1.807) is 0 Å². The zero-order valence-corrected chi connectivity index (χ0v) is 10.3. The van der Waals surface area contributed by atoms with Gasteiger partial charge in [0.25, 0.3) is 0 Å². The molecule has 2 aromatic heterocycles. The number of imidazole rings is 1. The Balaban J connectivity index is 1.95. The summed E-state index contributed by atoms with van der Waals surface area (Å²) in [6.45, 7) is 0. The van der Waals surface area contributed by atoms with Gasteiger partial charge in [0.15, 0.2) is 5.65 Å². The Morgan fingerprint density at radius 3 is 2.94 bits per heavy atom. The SMILES string of the molecule is O=C(O)CCCCSc1ncnc2[nH]c(=O)[nH]c12. The molecule has 0 aliphatic rings. The van der Waals surface area contributed by atoms with Gasteiger partial charge in [0, 0.05) is 6.42 Å². The maximum atomic E-state index is 11.1. The number of carboxylic acid groups (broad SMARTS) is 1. The first-order valence-corrected chi connectivity index (χ1v) is 6.43. The van der Waals surface area contributed by atoms with Crippen molar-refractivity contribution in [3.8, 4) is 0 Å².